The molecule has 3 aromatic rings. The molecular formula is C21H18ClN3O. The summed E-state index contributed by atoms with van der Waals surface area (Å²) in [5.74, 6) is -0.118. The van der Waals surface area contributed by atoms with E-state index in [1.165, 1.54) is 5.56 Å². The molecule has 2 heterocycles. The molecule has 0 atom stereocenters. The molecule has 1 amide bonds. The van der Waals surface area contributed by atoms with Crippen molar-refractivity contribution in [3.8, 4) is 0 Å². The van der Waals surface area contributed by atoms with E-state index in [0.29, 0.717) is 17.3 Å². The number of hydrogen-bond donors (Lipinski definition) is 1. The number of halogens is 1. The van der Waals surface area contributed by atoms with Gasteiger partial charge in [-0.15, -0.1) is 0 Å². The van der Waals surface area contributed by atoms with E-state index in [2.05, 4.69) is 41.6 Å². The zero-order valence-electron chi connectivity index (χ0n) is 14.6. The van der Waals surface area contributed by atoms with E-state index >= 15 is 0 Å². The lowest BCUT2D eigenvalue weighted by Crippen LogP contribution is -2.03. The van der Waals surface area contributed by atoms with Crippen molar-refractivity contribution in [3.63, 3.8) is 0 Å². The highest BCUT2D eigenvalue weighted by atomic mass is 35.5. The van der Waals surface area contributed by atoms with Gasteiger partial charge in [-0.05, 0) is 31.6 Å². The predicted molar refractivity (Wildman–Crippen MR) is 105 cm³/mol. The molecule has 0 fully saturated rings. The molecular weight excluding hydrogens is 346 g/mol. The zero-order valence-corrected chi connectivity index (χ0v) is 15.3. The maximum atomic E-state index is 12.3. The summed E-state index contributed by atoms with van der Waals surface area (Å²) in [6, 6.07) is 15.9. The van der Waals surface area contributed by atoms with Crippen LogP contribution in [0.1, 0.15) is 27.9 Å². The average molecular weight is 364 g/mol. The van der Waals surface area contributed by atoms with E-state index in [0.717, 1.165) is 28.1 Å². The normalized spacial score (nSPS) is 14.6. The molecule has 0 bridgehead atoms. The standard InChI is InChI=1S/C21H18ClN3O/c1-13-7-9-15(10-8-13)12-25-20(22)17(14(2)24-25)11-18-16-5-3-4-6-19(16)23-21(18)26/h3-11H,12H2,1-2H3,(H,23,26). The first-order chi connectivity index (χ1) is 12.5. The Labute approximate surface area is 157 Å². The minimum atomic E-state index is -0.118. The number of carbonyl (C=O) groups excluding carboxylic acids is 1. The summed E-state index contributed by atoms with van der Waals surface area (Å²) in [6.07, 6.45) is 1.83. The molecule has 1 N–H and O–H groups in total. The number of nitrogens with zero attached hydrogens (tertiary/aromatic N) is 2. The van der Waals surface area contributed by atoms with Gasteiger partial charge in [0.2, 0.25) is 0 Å². The highest BCUT2D eigenvalue weighted by Gasteiger charge is 2.24. The molecule has 4 rings (SSSR count). The molecule has 0 aliphatic carbocycles. The second kappa shape index (κ2) is 6.46. The Morgan fingerprint density at radius 1 is 1.12 bits per heavy atom. The van der Waals surface area contributed by atoms with Gasteiger partial charge < -0.3 is 5.32 Å². The Bertz CT molecular complexity index is 1030. The highest BCUT2D eigenvalue weighted by Crippen LogP contribution is 2.34. The lowest BCUT2D eigenvalue weighted by atomic mass is 10.0. The van der Waals surface area contributed by atoms with E-state index < -0.39 is 0 Å². The molecule has 26 heavy (non-hydrogen) atoms. The monoisotopic (exact) mass is 363 g/mol. The van der Waals surface area contributed by atoms with E-state index in [1.807, 2.05) is 37.3 Å². The van der Waals surface area contributed by atoms with Crippen molar-refractivity contribution >= 4 is 34.8 Å². The summed E-state index contributed by atoms with van der Waals surface area (Å²) in [5, 5.41) is 7.98. The van der Waals surface area contributed by atoms with Gasteiger partial charge in [-0.1, -0.05) is 59.6 Å². The van der Waals surface area contributed by atoms with Crippen molar-refractivity contribution in [2.45, 2.75) is 20.4 Å². The highest BCUT2D eigenvalue weighted by molar-refractivity contribution is 6.36. The molecule has 0 spiro atoms. The van der Waals surface area contributed by atoms with Crippen molar-refractivity contribution in [1.29, 1.82) is 0 Å². The van der Waals surface area contributed by atoms with Crippen LogP contribution >= 0.6 is 11.6 Å². The van der Waals surface area contributed by atoms with Crippen molar-refractivity contribution in [3.05, 3.63) is 81.6 Å². The molecule has 1 aromatic heterocycles. The fourth-order valence-electron chi connectivity index (χ4n) is 3.13. The Morgan fingerprint density at radius 3 is 2.62 bits per heavy atom. The Hall–Kier alpha value is -2.85. The lowest BCUT2D eigenvalue weighted by Gasteiger charge is -2.04. The van der Waals surface area contributed by atoms with Crippen molar-refractivity contribution in [2.75, 3.05) is 5.32 Å². The quantitative estimate of drug-likeness (QED) is 0.686. The summed E-state index contributed by atoms with van der Waals surface area (Å²) < 4.78 is 1.77. The first-order valence-corrected chi connectivity index (χ1v) is 8.81. The van der Waals surface area contributed by atoms with Crippen molar-refractivity contribution in [2.24, 2.45) is 0 Å². The summed E-state index contributed by atoms with van der Waals surface area (Å²) in [5.41, 5.74) is 6.24. The van der Waals surface area contributed by atoms with Gasteiger partial charge in [-0.2, -0.15) is 5.10 Å². The topological polar surface area (TPSA) is 46.9 Å². The van der Waals surface area contributed by atoms with Gasteiger partial charge in [0.1, 0.15) is 5.15 Å². The fraction of sp³-hybridized carbons (Fsp3) is 0.143. The molecule has 0 saturated carbocycles. The molecule has 130 valence electrons. The third-order valence-corrected chi connectivity index (χ3v) is 4.96. The van der Waals surface area contributed by atoms with E-state index in [1.54, 1.807) is 4.68 Å². The maximum absolute atomic E-state index is 12.3. The number of aryl methyl sites for hydroxylation is 2. The zero-order chi connectivity index (χ0) is 18.3. The number of carbonyl (C=O) groups is 1. The van der Waals surface area contributed by atoms with Crippen LogP contribution in [-0.4, -0.2) is 15.7 Å². The largest absolute Gasteiger partial charge is 0.321 e. The fourth-order valence-corrected chi connectivity index (χ4v) is 3.42. The third kappa shape index (κ3) is 2.93. The number of hydrogen-bond acceptors (Lipinski definition) is 2. The molecule has 0 saturated heterocycles. The number of amides is 1. The minimum absolute atomic E-state index is 0.118. The van der Waals surface area contributed by atoms with Crippen molar-refractivity contribution < 1.29 is 4.79 Å². The number of benzene rings is 2. The molecule has 1 aliphatic rings. The van der Waals surface area contributed by atoms with Gasteiger partial charge in [-0.3, -0.25) is 4.79 Å². The molecule has 5 heteroatoms. The molecule has 0 radical (unpaired) electrons. The van der Waals surface area contributed by atoms with E-state index in [9.17, 15) is 4.79 Å². The summed E-state index contributed by atoms with van der Waals surface area (Å²) in [7, 11) is 0. The number of nitrogens with one attached hydrogen (secondary N) is 1. The molecule has 1 aliphatic heterocycles. The minimum Gasteiger partial charge on any atom is -0.321 e. The van der Waals surface area contributed by atoms with Gasteiger partial charge in [-0.25, -0.2) is 4.68 Å². The lowest BCUT2D eigenvalue weighted by molar-refractivity contribution is -0.110. The van der Waals surface area contributed by atoms with Crippen LogP contribution < -0.4 is 5.32 Å². The van der Waals surface area contributed by atoms with Gasteiger partial charge in [0, 0.05) is 22.4 Å². The second-order valence-corrected chi connectivity index (χ2v) is 6.85. The van der Waals surface area contributed by atoms with Crippen LogP contribution in [0.3, 0.4) is 0 Å². The first-order valence-electron chi connectivity index (χ1n) is 8.44. The number of para-hydroxylation sites is 1. The van der Waals surface area contributed by atoms with Crippen LogP contribution in [0.15, 0.2) is 48.5 Å². The van der Waals surface area contributed by atoms with Crippen molar-refractivity contribution in [1.82, 2.24) is 9.78 Å². The number of fused-ring (bicyclic) bond motifs is 1. The van der Waals surface area contributed by atoms with Crippen LogP contribution in [0.25, 0.3) is 11.6 Å². The van der Waals surface area contributed by atoms with Crippen LogP contribution in [0.5, 0.6) is 0 Å². The third-order valence-electron chi connectivity index (χ3n) is 4.56. The maximum Gasteiger partial charge on any atom is 0.256 e. The van der Waals surface area contributed by atoms with E-state index in [-0.39, 0.29) is 5.91 Å². The van der Waals surface area contributed by atoms with Gasteiger partial charge >= 0.3 is 0 Å². The molecule has 4 nitrogen and oxygen atoms in total. The smallest absolute Gasteiger partial charge is 0.256 e. The summed E-state index contributed by atoms with van der Waals surface area (Å²) in [6.45, 7) is 4.55. The Kier molecular flexibility index (Phi) is 4.13. The van der Waals surface area contributed by atoms with Gasteiger partial charge in [0.05, 0.1) is 12.2 Å². The van der Waals surface area contributed by atoms with Gasteiger partial charge in [0.15, 0.2) is 0 Å². The molecule has 0 unspecified atom stereocenters. The Morgan fingerprint density at radius 2 is 1.85 bits per heavy atom. The second-order valence-electron chi connectivity index (χ2n) is 6.49. The van der Waals surface area contributed by atoms with Crippen LogP contribution in [0.4, 0.5) is 5.69 Å². The van der Waals surface area contributed by atoms with Crippen LogP contribution in [0, 0.1) is 13.8 Å². The summed E-state index contributed by atoms with van der Waals surface area (Å²) in [4.78, 5) is 12.3. The number of rotatable bonds is 3. The SMILES string of the molecule is Cc1ccc(Cn2nc(C)c(C=C3C(=O)Nc4ccccc43)c2Cl)cc1. The first kappa shape index (κ1) is 16.6. The van der Waals surface area contributed by atoms with E-state index in [4.69, 9.17) is 11.6 Å². The molecule has 2 aromatic carbocycles. The number of anilines is 1. The average Bonchev–Trinajstić information content (AvgIpc) is 3.08. The Balaban J connectivity index is 1.71. The number of aromatic nitrogens is 2. The van der Waals surface area contributed by atoms with Gasteiger partial charge in [0.25, 0.3) is 5.91 Å². The van der Waals surface area contributed by atoms with Crippen LogP contribution in [-0.2, 0) is 11.3 Å². The summed E-state index contributed by atoms with van der Waals surface area (Å²) >= 11 is 6.59. The van der Waals surface area contributed by atoms with Crippen LogP contribution in [0.2, 0.25) is 5.15 Å². The predicted octanol–water partition coefficient (Wildman–Crippen LogP) is 4.69.